The van der Waals surface area contributed by atoms with Gasteiger partial charge in [-0.2, -0.15) is 0 Å². The highest BCUT2D eigenvalue weighted by Gasteiger charge is 2.38. The molecule has 0 aromatic carbocycles. The molecule has 94 valence electrons. The van der Waals surface area contributed by atoms with Crippen LogP contribution in [0, 0.1) is 5.41 Å². The van der Waals surface area contributed by atoms with Crippen LogP contribution in [0.25, 0.3) is 0 Å². The lowest BCUT2D eigenvalue weighted by atomic mass is 9.86. The minimum absolute atomic E-state index is 0.548. The Bertz CT molecular complexity index is 225. The van der Waals surface area contributed by atoms with E-state index < -0.39 is 0 Å². The van der Waals surface area contributed by atoms with Gasteiger partial charge in [-0.25, -0.2) is 0 Å². The second kappa shape index (κ2) is 5.05. The molecule has 1 saturated carbocycles. The summed E-state index contributed by atoms with van der Waals surface area (Å²) in [5.41, 5.74) is 0.548. The lowest BCUT2D eigenvalue weighted by Crippen LogP contribution is -2.43. The van der Waals surface area contributed by atoms with Crippen LogP contribution in [0.15, 0.2) is 0 Å². The highest BCUT2D eigenvalue weighted by atomic mass is 15.2. The third kappa shape index (κ3) is 2.60. The smallest absolute Gasteiger partial charge is 0.0147 e. The summed E-state index contributed by atoms with van der Waals surface area (Å²) in [6.45, 7) is 11.0. The molecule has 1 aliphatic carbocycles. The normalized spacial score (nSPS) is 36.2. The first kappa shape index (κ1) is 12.4. The molecule has 0 aromatic heterocycles. The first-order valence-corrected chi connectivity index (χ1v) is 7.11. The topological polar surface area (TPSA) is 15.3 Å². The maximum Gasteiger partial charge on any atom is 0.0147 e. The molecule has 1 aliphatic heterocycles. The fourth-order valence-corrected chi connectivity index (χ4v) is 3.59. The molecular weight excluding hydrogens is 196 g/mol. The van der Waals surface area contributed by atoms with Gasteiger partial charge < -0.3 is 5.32 Å². The van der Waals surface area contributed by atoms with Gasteiger partial charge in [0.2, 0.25) is 0 Å². The van der Waals surface area contributed by atoms with E-state index in [1.807, 2.05) is 0 Å². The van der Waals surface area contributed by atoms with Crippen molar-refractivity contribution in [1.82, 2.24) is 10.2 Å². The van der Waals surface area contributed by atoms with Crippen LogP contribution in [0.3, 0.4) is 0 Å². The Labute approximate surface area is 101 Å². The Morgan fingerprint density at radius 1 is 1.25 bits per heavy atom. The van der Waals surface area contributed by atoms with Crippen LogP contribution < -0.4 is 5.32 Å². The number of hydrogen-bond donors (Lipinski definition) is 1. The van der Waals surface area contributed by atoms with E-state index in [0.29, 0.717) is 5.41 Å². The number of nitrogens with one attached hydrogen (secondary N) is 1. The minimum Gasteiger partial charge on any atom is -0.313 e. The Kier molecular flexibility index (Phi) is 3.91. The predicted octanol–water partition coefficient (Wildman–Crippen LogP) is 2.64. The molecule has 2 fully saturated rings. The van der Waals surface area contributed by atoms with Crippen LogP contribution >= 0.6 is 0 Å². The number of hydrogen-bond acceptors (Lipinski definition) is 2. The van der Waals surface area contributed by atoms with Gasteiger partial charge in [0.05, 0.1) is 0 Å². The van der Waals surface area contributed by atoms with Crippen molar-refractivity contribution in [2.24, 2.45) is 5.41 Å². The largest absolute Gasteiger partial charge is 0.313 e. The summed E-state index contributed by atoms with van der Waals surface area (Å²) < 4.78 is 0. The maximum absolute atomic E-state index is 3.67. The van der Waals surface area contributed by atoms with E-state index in [1.54, 1.807) is 0 Å². The molecule has 0 amide bonds. The predicted molar refractivity (Wildman–Crippen MR) is 69.7 cm³/mol. The maximum atomic E-state index is 3.67. The van der Waals surface area contributed by atoms with Gasteiger partial charge in [-0.1, -0.05) is 27.2 Å². The van der Waals surface area contributed by atoms with E-state index in [4.69, 9.17) is 0 Å². The first-order valence-electron chi connectivity index (χ1n) is 7.11. The first-order chi connectivity index (χ1) is 7.63. The Morgan fingerprint density at radius 2 is 2.06 bits per heavy atom. The quantitative estimate of drug-likeness (QED) is 0.776. The minimum atomic E-state index is 0.548. The van der Waals surface area contributed by atoms with Crippen molar-refractivity contribution in [3.05, 3.63) is 0 Å². The summed E-state index contributed by atoms with van der Waals surface area (Å²) in [6.07, 6.45) is 6.88. The van der Waals surface area contributed by atoms with E-state index in [1.165, 1.54) is 51.7 Å². The zero-order valence-corrected chi connectivity index (χ0v) is 11.3. The zero-order chi connectivity index (χ0) is 11.6. The molecule has 2 atom stereocenters. The molecule has 2 rings (SSSR count). The van der Waals surface area contributed by atoms with Crippen molar-refractivity contribution in [3.8, 4) is 0 Å². The summed E-state index contributed by atoms with van der Waals surface area (Å²) in [5.74, 6) is 0. The summed E-state index contributed by atoms with van der Waals surface area (Å²) in [4.78, 5) is 2.76. The van der Waals surface area contributed by atoms with E-state index in [0.717, 1.165) is 12.1 Å². The van der Waals surface area contributed by atoms with E-state index >= 15 is 0 Å². The van der Waals surface area contributed by atoms with Crippen molar-refractivity contribution < 1.29 is 0 Å². The van der Waals surface area contributed by atoms with Gasteiger partial charge in [-0.3, -0.25) is 4.90 Å². The Hall–Kier alpha value is -0.0800. The molecule has 1 N–H and O–H groups in total. The fraction of sp³-hybridized carbons (Fsp3) is 1.00. The standard InChI is InChI=1S/C14H28N2/c1-4-12-7-10-16(11-9-15-12)13-6-5-8-14(13,2)3/h12-13,15H,4-11H2,1-3H3. The molecule has 0 spiro atoms. The lowest BCUT2D eigenvalue weighted by molar-refractivity contribution is 0.119. The van der Waals surface area contributed by atoms with E-state index in [2.05, 4.69) is 31.0 Å². The zero-order valence-electron chi connectivity index (χ0n) is 11.3. The molecule has 2 nitrogen and oxygen atoms in total. The van der Waals surface area contributed by atoms with Gasteiger partial charge in [0.15, 0.2) is 0 Å². The molecule has 0 bridgehead atoms. The SMILES string of the molecule is CCC1CCN(C2CCCC2(C)C)CCN1. The van der Waals surface area contributed by atoms with E-state index in [9.17, 15) is 0 Å². The highest BCUT2D eigenvalue weighted by Crippen LogP contribution is 2.40. The van der Waals surface area contributed by atoms with Gasteiger partial charge in [-0.15, -0.1) is 0 Å². The average Bonchev–Trinajstić information content (AvgIpc) is 2.50. The van der Waals surface area contributed by atoms with Crippen molar-refractivity contribution >= 4 is 0 Å². The second-order valence-electron chi connectivity index (χ2n) is 6.28. The van der Waals surface area contributed by atoms with Gasteiger partial charge in [0.25, 0.3) is 0 Å². The molecule has 0 aromatic rings. The molecule has 0 radical (unpaired) electrons. The van der Waals surface area contributed by atoms with Crippen molar-refractivity contribution in [2.75, 3.05) is 19.6 Å². The van der Waals surface area contributed by atoms with Gasteiger partial charge >= 0.3 is 0 Å². The van der Waals surface area contributed by atoms with Crippen LogP contribution in [0.2, 0.25) is 0 Å². The van der Waals surface area contributed by atoms with Gasteiger partial charge in [0, 0.05) is 25.2 Å². The summed E-state index contributed by atoms with van der Waals surface area (Å²) >= 11 is 0. The Balaban J connectivity index is 1.94. The molecule has 1 saturated heterocycles. The highest BCUT2D eigenvalue weighted by molar-refractivity contribution is 4.93. The average molecular weight is 224 g/mol. The van der Waals surface area contributed by atoms with Gasteiger partial charge in [-0.05, 0) is 37.6 Å². The molecule has 2 aliphatic rings. The third-order valence-corrected chi connectivity index (χ3v) is 4.73. The lowest BCUT2D eigenvalue weighted by Gasteiger charge is -2.37. The summed E-state index contributed by atoms with van der Waals surface area (Å²) in [7, 11) is 0. The van der Waals surface area contributed by atoms with Crippen LogP contribution in [0.4, 0.5) is 0 Å². The molecule has 2 unspecified atom stereocenters. The molecule has 16 heavy (non-hydrogen) atoms. The third-order valence-electron chi connectivity index (χ3n) is 4.73. The van der Waals surface area contributed by atoms with Crippen molar-refractivity contribution in [3.63, 3.8) is 0 Å². The van der Waals surface area contributed by atoms with Gasteiger partial charge in [0.1, 0.15) is 0 Å². The molecule has 1 heterocycles. The van der Waals surface area contributed by atoms with Crippen LogP contribution in [0.1, 0.15) is 52.9 Å². The van der Waals surface area contributed by atoms with E-state index in [-0.39, 0.29) is 0 Å². The van der Waals surface area contributed by atoms with Crippen LogP contribution in [-0.4, -0.2) is 36.6 Å². The monoisotopic (exact) mass is 224 g/mol. The van der Waals surface area contributed by atoms with Crippen LogP contribution in [0.5, 0.6) is 0 Å². The fourth-order valence-electron chi connectivity index (χ4n) is 3.59. The number of nitrogens with zero attached hydrogens (tertiary/aromatic N) is 1. The number of rotatable bonds is 2. The summed E-state index contributed by atoms with van der Waals surface area (Å²) in [6, 6.07) is 1.60. The van der Waals surface area contributed by atoms with Crippen LogP contribution in [-0.2, 0) is 0 Å². The molecule has 2 heteroatoms. The molecular formula is C14H28N2. The summed E-state index contributed by atoms with van der Waals surface area (Å²) in [5, 5.41) is 3.67. The van der Waals surface area contributed by atoms with Crippen molar-refractivity contribution in [2.45, 2.75) is 65.0 Å². The second-order valence-corrected chi connectivity index (χ2v) is 6.28. The van der Waals surface area contributed by atoms with Crippen molar-refractivity contribution in [1.29, 1.82) is 0 Å². The Morgan fingerprint density at radius 3 is 2.69 bits per heavy atom.